The lowest BCUT2D eigenvalue weighted by molar-refractivity contribution is -0.132. The van der Waals surface area contributed by atoms with Gasteiger partial charge in [-0.2, -0.15) is 4.98 Å². The molecule has 5 nitrogen and oxygen atoms in total. The van der Waals surface area contributed by atoms with E-state index in [0.717, 1.165) is 11.3 Å². The molecule has 2 aromatic heterocycles. The number of aryl methyl sites for hydroxylation is 1. The third-order valence-electron chi connectivity index (χ3n) is 2.27. The van der Waals surface area contributed by atoms with Gasteiger partial charge < -0.3 is 4.74 Å². The fraction of sp³-hybridized carbons (Fsp3) is 0.231. The van der Waals surface area contributed by atoms with E-state index in [1.54, 1.807) is 18.5 Å². The van der Waals surface area contributed by atoms with Crippen LogP contribution >= 0.6 is 23.4 Å². The van der Waals surface area contributed by atoms with Crippen molar-refractivity contribution in [3.05, 3.63) is 40.8 Å². The lowest BCUT2D eigenvalue weighted by Gasteiger charge is -2.06. The SMILES string of the molecule is CC(=O)Oc1cc(C)nc(SCc2ccncc2Cl)n1. The molecular formula is C13H12ClN3O2S. The number of rotatable bonds is 4. The molecule has 20 heavy (non-hydrogen) atoms. The van der Waals surface area contributed by atoms with E-state index in [0.29, 0.717) is 15.9 Å². The van der Waals surface area contributed by atoms with Crippen molar-refractivity contribution < 1.29 is 9.53 Å². The van der Waals surface area contributed by atoms with Gasteiger partial charge in [0.2, 0.25) is 5.88 Å². The zero-order valence-corrected chi connectivity index (χ0v) is 12.5. The first-order valence-electron chi connectivity index (χ1n) is 5.80. The molecule has 0 aliphatic heterocycles. The van der Waals surface area contributed by atoms with Gasteiger partial charge in [-0.15, -0.1) is 0 Å². The molecule has 0 aromatic carbocycles. The van der Waals surface area contributed by atoms with Crippen LogP contribution < -0.4 is 4.74 Å². The highest BCUT2D eigenvalue weighted by Gasteiger charge is 2.07. The number of esters is 1. The van der Waals surface area contributed by atoms with Crippen molar-refractivity contribution >= 4 is 29.3 Å². The maximum atomic E-state index is 10.9. The van der Waals surface area contributed by atoms with Crippen LogP contribution in [0.5, 0.6) is 5.88 Å². The molecule has 0 spiro atoms. The van der Waals surface area contributed by atoms with Crippen molar-refractivity contribution in [2.75, 3.05) is 0 Å². The van der Waals surface area contributed by atoms with E-state index >= 15 is 0 Å². The Morgan fingerprint density at radius 3 is 2.95 bits per heavy atom. The van der Waals surface area contributed by atoms with Gasteiger partial charge in [0.15, 0.2) is 5.16 Å². The first kappa shape index (κ1) is 14.7. The summed E-state index contributed by atoms with van der Waals surface area (Å²) in [6.45, 7) is 3.15. The van der Waals surface area contributed by atoms with Gasteiger partial charge in [-0.3, -0.25) is 9.78 Å². The van der Waals surface area contributed by atoms with E-state index in [1.807, 2.05) is 13.0 Å². The Morgan fingerprint density at radius 1 is 1.45 bits per heavy atom. The fourth-order valence-corrected chi connectivity index (χ4v) is 2.61. The molecule has 7 heteroatoms. The summed E-state index contributed by atoms with van der Waals surface area (Å²) in [4.78, 5) is 23.3. The molecule has 2 aromatic rings. The van der Waals surface area contributed by atoms with Crippen LogP contribution in [0.25, 0.3) is 0 Å². The molecule has 0 aliphatic carbocycles. The topological polar surface area (TPSA) is 65.0 Å². The van der Waals surface area contributed by atoms with Gasteiger partial charge in [-0.05, 0) is 18.6 Å². The van der Waals surface area contributed by atoms with Crippen LogP contribution in [-0.4, -0.2) is 20.9 Å². The van der Waals surface area contributed by atoms with E-state index in [4.69, 9.17) is 16.3 Å². The molecule has 2 heterocycles. The minimum atomic E-state index is -0.406. The number of nitrogens with zero attached hydrogens (tertiary/aromatic N) is 3. The van der Waals surface area contributed by atoms with E-state index in [-0.39, 0.29) is 5.88 Å². The Hall–Kier alpha value is -1.66. The van der Waals surface area contributed by atoms with Gasteiger partial charge in [0.1, 0.15) is 0 Å². The molecule has 0 atom stereocenters. The summed E-state index contributed by atoms with van der Waals surface area (Å²) in [7, 11) is 0. The molecule has 0 radical (unpaired) electrons. The van der Waals surface area contributed by atoms with Crippen LogP contribution in [0.4, 0.5) is 0 Å². The summed E-state index contributed by atoms with van der Waals surface area (Å²) in [5.41, 5.74) is 1.69. The molecule has 0 N–H and O–H groups in total. The number of halogens is 1. The molecule has 0 amide bonds. The lowest BCUT2D eigenvalue weighted by Crippen LogP contribution is -2.04. The smallest absolute Gasteiger partial charge is 0.309 e. The largest absolute Gasteiger partial charge is 0.407 e. The van der Waals surface area contributed by atoms with E-state index < -0.39 is 5.97 Å². The summed E-state index contributed by atoms with van der Waals surface area (Å²) in [5, 5.41) is 1.14. The van der Waals surface area contributed by atoms with Crippen molar-refractivity contribution in [1.82, 2.24) is 15.0 Å². The fourth-order valence-electron chi connectivity index (χ4n) is 1.44. The number of pyridine rings is 1. The average molecular weight is 310 g/mol. The predicted octanol–water partition coefficient (Wildman–Crippen LogP) is 3.05. The van der Waals surface area contributed by atoms with Crippen LogP contribution in [0.15, 0.2) is 29.7 Å². The van der Waals surface area contributed by atoms with E-state index in [9.17, 15) is 4.79 Å². The van der Waals surface area contributed by atoms with Gasteiger partial charge in [0.25, 0.3) is 0 Å². The highest BCUT2D eigenvalue weighted by atomic mass is 35.5. The first-order chi connectivity index (χ1) is 9.54. The molecule has 0 bridgehead atoms. The average Bonchev–Trinajstić information content (AvgIpc) is 2.36. The Morgan fingerprint density at radius 2 is 2.25 bits per heavy atom. The summed E-state index contributed by atoms with van der Waals surface area (Å²) in [5.74, 6) is 0.467. The Labute approximate surface area is 125 Å². The second-order valence-corrected chi connectivity index (χ2v) is 5.33. The van der Waals surface area contributed by atoms with Gasteiger partial charge in [-0.1, -0.05) is 23.4 Å². The number of carbonyl (C=O) groups excluding carboxylic acids is 1. The normalized spacial score (nSPS) is 10.3. The quantitative estimate of drug-likeness (QED) is 0.491. The van der Waals surface area contributed by atoms with Crippen molar-refractivity contribution in [3.63, 3.8) is 0 Å². The summed E-state index contributed by atoms with van der Waals surface area (Å²) >= 11 is 7.45. The number of thioether (sulfide) groups is 1. The first-order valence-corrected chi connectivity index (χ1v) is 7.16. The van der Waals surface area contributed by atoms with Crippen LogP contribution in [0.2, 0.25) is 5.02 Å². The lowest BCUT2D eigenvalue weighted by atomic mass is 10.3. The second kappa shape index (κ2) is 6.67. The zero-order chi connectivity index (χ0) is 14.5. The molecule has 0 fully saturated rings. The molecular weight excluding hydrogens is 298 g/mol. The molecule has 104 valence electrons. The van der Waals surface area contributed by atoms with Crippen molar-refractivity contribution in [2.24, 2.45) is 0 Å². The Balaban J connectivity index is 2.11. The number of hydrogen-bond acceptors (Lipinski definition) is 6. The van der Waals surface area contributed by atoms with E-state index in [1.165, 1.54) is 18.7 Å². The maximum absolute atomic E-state index is 10.9. The zero-order valence-electron chi connectivity index (χ0n) is 11.0. The summed E-state index contributed by atoms with van der Waals surface area (Å²) in [6.07, 6.45) is 3.28. The maximum Gasteiger partial charge on any atom is 0.309 e. The van der Waals surface area contributed by atoms with Gasteiger partial charge in [-0.25, -0.2) is 4.98 Å². The molecule has 0 aliphatic rings. The van der Waals surface area contributed by atoms with Crippen molar-refractivity contribution in [1.29, 1.82) is 0 Å². The minimum Gasteiger partial charge on any atom is -0.407 e. The summed E-state index contributed by atoms with van der Waals surface area (Å²) < 4.78 is 4.97. The number of ether oxygens (including phenoxy) is 1. The predicted molar refractivity (Wildman–Crippen MR) is 76.9 cm³/mol. The van der Waals surface area contributed by atoms with Crippen LogP contribution in [0.1, 0.15) is 18.2 Å². The highest BCUT2D eigenvalue weighted by molar-refractivity contribution is 7.98. The van der Waals surface area contributed by atoms with Crippen molar-refractivity contribution in [2.45, 2.75) is 24.8 Å². The molecule has 0 saturated carbocycles. The second-order valence-electron chi connectivity index (χ2n) is 3.98. The van der Waals surface area contributed by atoms with Crippen LogP contribution in [0, 0.1) is 6.92 Å². The number of hydrogen-bond donors (Lipinski definition) is 0. The van der Waals surface area contributed by atoms with Crippen LogP contribution in [-0.2, 0) is 10.5 Å². The third kappa shape index (κ3) is 4.18. The van der Waals surface area contributed by atoms with Gasteiger partial charge >= 0.3 is 5.97 Å². The summed E-state index contributed by atoms with van der Waals surface area (Å²) in [6, 6.07) is 3.46. The van der Waals surface area contributed by atoms with E-state index in [2.05, 4.69) is 15.0 Å². The standard InChI is InChI=1S/C13H12ClN3O2S/c1-8-5-12(19-9(2)18)17-13(16-8)20-7-10-3-4-15-6-11(10)14/h3-6H,7H2,1-2H3. The number of aromatic nitrogens is 3. The minimum absolute atomic E-state index is 0.258. The Bertz CT molecular complexity index is 637. The molecule has 0 saturated heterocycles. The van der Waals surface area contributed by atoms with Crippen LogP contribution in [0.3, 0.4) is 0 Å². The van der Waals surface area contributed by atoms with Gasteiger partial charge in [0.05, 0.1) is 5.02 Å². The Kier molecular flexibility index (Phi) is 4.92. The highest BCUT2D eigenvalue weighted by Crippen LogP contribution is 2.25. The molecule has 2 rings (SSSR count). The van der Waals surface area contributed by atoms with Crippen molar-refractivity contribution in [3.8, 4) is 5.88 Å². The molecule has 0 unspecified atom stereocenters. The monoisotopic (exact) mass is 309 g/mol. The third-order valence-corrected chi connectivity index (χ3v) is 3.51. The van der Waals surface area contributed by atoms with Gasteiger partial charge in [0, 0.05) is 36.8 Å². The number of carbonyl (C=O) groups is 1.